The molecule has 2 aromatic rings. The highest BCUT2D eigenvalue weighted by Gasteiger charge is 2.11. The maximum atomic E-state index is 13.6. The lowest BCUT2D eigenvalue weighted by molar-refractivity contribution is 0.424. The van der Waals surface area contributed by atoms with Gasteiger partial charge in [-0.25, -0.2) is 4.39 Å². The molecule has 0 bridgehead atoms. The minimum absolute atomic E-state index is 0.0456. The molecule has 1 nitrogen and oxygen atoms in total. The third-order valence-corrected chi connectivity index (χ3v) is 4.29. The van der Waals surface area contributed by atoms with Gasteiger partial charge in [-0.2, -0.15) is 0 Å². The van der Waals surface area contributed by atoms with Crippen molar-refractivity contribution >= 4 is 23.4 Å². The Morgan fingerprint density at radius 3 is 2.48 bits per heavy atom. The minimum Gasteiger partial charge on any atom is -0.308 e. The summed E-state index contributed by atoms with van der Waals surface area (Å²) >= 11 is 7.70. The van der Waals surface area contributed by atoms with Crippen LogP contribution in [0.25, 0.3) is 0 Å². The van der Waals surface area contributed by atoms with E-state index in [9.17, 15) is 4.39 Å². The fourth-order valence-electron chi connectivity index (χ4n) is 1.75. The number of nitrogens with one attached hydrogen (secondary N) is 1. The van der Waals surface area contributed by atoms with Gasteiger partial charge in [-0.3, -0.25) is 0 Å². The molecule has 0 atom stereocenters. The number of rotatable bonds is 4. The summed E-state index contributed by atoms with van der Waals surface area (Å²) in [7, 11) is 0. The number of halogens is 2. The molecule has 21 heavy (non-hydrogen) atoms. The first kappa shape index (κ1) is 16.3. The molecule has 2 rings (SSSR count). The molecule has 0 heterocycles. The van der Waals surface area contributed by atoms with E-state index in [0.717, 1.165) is 10.5 Å². The largest absolute Gasteiger partial charge is 0.308 e. The summed E-state index contributed by atoms with van der Waals surface area (Å²) in [6, 6.07) is 12.6. The van der Waals surface area contributed by atoms with E-state index < -0.39 is 0 Å². The van der Waals surface area contributed by atoms with E-state index >= 15 is 0 Å². The predicted molar refractivity (Wildman–Crippen MR) is 88.6 cm³/mol. The van der Waals surface area contributed by atoms with Crippen molar-refractivity contribution < 1.29 is 4.39 Å². The van der Waals surface area contributed by atoms with Gasteiger partial charge < -0.3 is 5.32 Å². The lowest BCUT2D eigenvalue weighted by Crippen LogP contribution is -2.35. The van der Waals surface area contributed by atoms with Gasteiger partial charge in [0.25, 0.3) is 0 Å². The summed E-state index contributed by atoms with van der Waals surface area (Å²) in [5.74, 6) is -0.211. The SMILES string of the molecule is CC(C)(C)NCc1ccc(Sc2ccccc2F)cc1Cl. The van der Waals surface area contributed by atoms with E-state index in [1.165, 1.54) is 17.8 Å². The monoisotopic (exact) mass is 323 g/mol. The Bertz CT molecular complexity index is 622. The molecular formula is C17H19ClFNS. The van der Waals surface area contributed by atoms with Gasteiger partial charge in [0.2, 0.25) is 0 Å². The average molecular weight is 324 g/mol. The summed E-state index contributed by atoms with van der Waals surface area (Å²) in [4.78, 5) is 1.54. The summed E-state index contributed by atoms with van der Waals surface area (Å²) in [6.07, 6.45) is 0. The Morgan fingerprint density at radius 1 is 1.14 bits per heavy atom. The van der Waals surface area contributed by atoms with Crippen molar-refractivity contribution in [2.75, 3.05) is 0 Å². The average Bonchev–Trinajstić information content (AvgIpc) is 2.39. The molecule has 0 saturated carbocycles. The van der Waals surface area contributed by atoms with Crippen LogP contribution < -0.4 is 5.32 Å². The zero-order chi connectivity index (χ0) is 15.5. The lowest BCUT2D eigenvalue weighted by Gasteiger charge is -2.21. The van der Waals surface area contributed by atoms with Crippen molar-refractivity contribution in [1.29, 1.82) is 0 Å². The second-order valence-corrected chi connectivity index (χ2v) is 7.41. The van der Waals surface area contributed by atoms with Crippen LogP contribution in [0.1, 0.15) is 26.3 Å². The molecule has 0 aliphatic heterocycles. The molecule has 0 saturated heterocycles. The standard InChI is InChI=1S/C17H19ClFNS/c1-17(2,3)20-11-12-8-9-13(10-14(12)18)21-16-7-5-4-6-15(16)19/h4-10,20H,11H2,1-3H3. The van der Waals surface area contributed by atoms with E-state index in [-0.39, 0.29) is 11.4 Å². The van der Waals surface area contributed by atoms with Crippen LogP contribution in [0, 0.1) is 5.82 Å². The Morgan fingerprint density at radius 2 is 1.86 bits per heavy atom. The number of benzene rings is 2. The molecule has 0 unspecified atom stereocenters. The molecule has 0 fully saturated rings. The van der Waals surface area contributed by atoms with Crippen molar-refractivity contribution in [2.45, 2.75) is 42.6 Å². The molecular weight excluding hydrogens is 305 g/mol. The first-order valence-corrected chi connectivity index (χ1v) is 8.00. The lowest BCUT2D eigenvalue weighted by atomic mass is 10.1. The summed E-state index contributed by atoms with van der Waals surface area (Å²) in [6.45, 7) is 7.06. The second-order valence-electron chi connectivity index (χ2n) is 5.89. The van der Waals surface area contributed by atoms with E-state index in [1.54, 1.807) is 12.1 Å². The van der Waals surface area contributed by atoms with Crippen LogP contribution in [0.3, 0.4) is 0 Å². The van der Waals surface area contributed by atoms with Crippen LogP contribution in [0.5, 0.6) is 0 Å². The first-order chi connectivity index (χ1) is 9.85. The fraction of sp³-hybridized carbons (Fsp3) is 0.294. The van der Waals surface area contributed by atoms with Gasteiger partial charge in [-0.15, -0.1) is 0 Å². The Hall–Kier alpha value is -1.03. The maximum absolute atomic E-state index is 13.6. The number of hydrogen-bond donors (Lipinski definition) is 1. The van der Waals surface area contributed by atoms with Crippen molar-refractivity contribution in [3.05, 3.63) is 58.9 Å². The van der Waals surface area contributed by atoms with Gasteiger partial charge in [-0.1, -0.05) is 41.6 Å². The van der Waals surface area contributed by atoms with Gasteiger partial charge in [0.15, 0.2) is 0 Å². The predicted octanol–water partition coefficient (Wildman–Crippen LogP) is 5.52. The smallest absolute Gasteiger partial charge is 0.137 e. The first-order valence-electron chi connectivity index (χ1n) is 6.81. The molecule has 2 aromatic carbocycles. The molecule has 0 aliphatic rings. The van der Waals surface area contributed by atoms with Gasteiger partial charge in [0.1, 0.15) is 5.82 Å². The highest BCUT2D eigenvalue weighted by atomic mass is 35.5. The Balaban J connectivity index is 2.10. The van der Waals surface area contributed by atoms with Crippen LogP contribution >= 0.6 is 23.4 Å². The zero-order valence-corrected chi connectivity index (χ0v) is 14.0. The van der Waals surface area contributed by atoms with E-state index in [4.69, 9.17) is 11.6 Å². The zero-order valence-electron chi connectivity index (χ0n) is 12.4. The van der Waals surface area contributed by atoms with Gasteiger partial charge >= 0.3 is 0 Å². The topological polar surface area (TPSA) is 12.0 Å². The number of hydrogen-bond acceptors (Lipinski definition) is 2. The van der Waals surface area contributed by atoms with Crippen LogP contribution in [0.15, 0.2) is 52.3 Å². The van der Waals surface area contributed by atoms with Crippen LogP contribution in [0.2, 0.25) is 5.02 Å². The molecule has 112 valence electrons. The van der Waals surface area contributed by atoms with Crippen molar-refractivity contribution in [3.8, 4) is 0 Å². The molecule has 0 spiro atoms. The van der Waals surface area contributed by atoms with Gasteiger partial charge in [0, 0.05) is 26.9 Å². The van der Waals surface area contributed by atoms with E-state index in [0.29, 0.717) is 16.5 Å². The summed E-state index contributed by atoms with van der Waals surface area (Å²) in [5, 5.41) is 4.11. The maximum Gasteiger partial charge on any atom is 0.137 e. The quantitative estimate of drug-likeness (QED) is 0.795. The third-order valence-electron chi connectivity index (χ3n) is 2.90. The third kappa shape index (κ3) is 5.03. The van der Waals surface area contributed by atoms with Gasteiger partial charge in [-0.05, 0) is 50.6 Å². The molecule has 4 heteroatoms. The Labute approximate surface area is 134 Å². The van der Waals surface area contributed by atoms with Crippen molar-refractivity contribution in [2.24, 2.45) is 0 Å². The summed E-state index contributed by atoms with van der Waals surface area (Å²) < 4.78 is 13.6. The van der Waals surface area contributed by atoms with E-state index in [1.807, 2.05) is 24.3 Å². The summed E-state index contributed by atoms with van der Waals surface area (Å²) in [5.41, 5.74) is 1.09. The van der Waals surface area contributed by atoms with Crippen LogP contribution in [-0.4, -0.2) is 5.54 Å². The highest BCUT2D eigenvalue weighted by Crippen LogP contribution is 2.32. The molecule has 0 aromatic heterocycles. The van der Waals surface area contributed by atoms with Crippen molar-refractivity contribution in [3.63, 3.8) is 0 Å². The van der Waals surface area contributed by atoms with Gasteiger partial charge in [0.05, 0.1) is 0 Å². The molecule has 0 amide bonds. The van der Waals surface area contributed by atoms with Crippen LogP contribution in [0.4, 0.5) is 4.39 Å². The minimum atomic E-state index is -0.211. The Kier molecular flexibility index (Phi) is 5.31. The highest BCUT2D eigenvalue weighted by molar-refractivity contribution is 7.99. The van der Waals surface area contributed by atoms with Crippen LogP contribution in [-0.2, 0) is 6.54 Å². The molecule has 0 radical (unpaired) electrons. The molecule has 1 N–H and O–H groups in total. The fourth-order valence-corrected chi connectivity index (χ4v) is 2.94. The van der Waals surface area contributed by atoms with E-state index in [2.05, 4.69) is 26.1 Å². The molecule has 0 aliphatic carbocycles. The van der Waals surface area contributed by atoms with Crippen molar-refractivity contribution in [1.82, 2.24) is 5.32 Å². The second kappa shape index (κ2) is 6.82. The normalized spacial score (nSPS) is 11.7.